The molecule has 0 radical (unpaired) electrons. The van der Waals surface area contributed by atoms with Crippen molar-refractivity contribution in [3.8, 4) is 11.4 Å². The molecule has 0 saturated carbocycles. The van der Waals surface area contributed by atoms with Crippen LogP contribution in [0.25, 0.3) is 5.69 Å². The number of para-hydroxylation sites is 1. The quantitative estimate of drug-likeness (QED) is 0.303. The predicted molar refractivity (Wildman–Crippen MR) is 101 cm³/mol. The zero-order chi connectivity index (χ0) is 19.2. The number of oxime groups is 1. The summed E-state index contributed by atoms with van der Waals surface area (Å²) >= 11 is 1.38. The standard InChI is InChI=1S/C19H17N3O4S/c1-25-14-8-10-15(11-9-14)27-18-16(12-20-24)17(19(23)26-2)21-22(18)13-6-4-3-5-7-13/h3-12,24H,1-2H3/b20-12+. The molecule has 0 bridgehead atoms. The molecule has 0 aliphatic carbocycles. The number of rotatable bonds is 6. The van der Waals surface area contributed by atoms with Gasteiger partial charge in [-0.2, -0.15) is 5.10 Å². The van der Waals surface area contributed by atoms with E-state index in [1.54, 1.807) is 11.8 Å². The van der Waals surface area contributed by atoms with Crippen LogP contribution in [0.4, 0.5) is 0 Å². The molecule has 1 heterocycles. The van der Waals surface area contributed by atoms with E-state index in [9.17, 15) is 4.79 Å². The number of ether oxygens (including phenoxy) is 2. The minimum atomic E-state index is -0.615. The fourth-order valence-electron chi connectivity index (χ4n) is 2.43. The van der Waals surface area contributed by atoms with Gasteiger partial charge in [0.15, 0.2) is 5.69 Å². The molecule has 0 fully saturated rings. The summed E-state index contributed by atoms with van der Waals surface area (Å²) in [7, 11) is 2.88. The third-order valence-electron chi connectivity index (χ3n) is 3.72. The zero-order valence-electron chi connectivity index (χ0n) is 14.7. The molecule has 3 rings (SSSR count). The highest BCUT2D eigenvalue weighted by Crippen LogP contribution is 2.34. The van der Waals surface area contributed by atoms with Crippen LogP contribution in [-0.4, -0.2) is 41.4 Å². The SMILES string of the molecule is COC(=O)c1nn(-c2ccccc2)c(Sc2ccc(OC)cc2)c1/C=N/O. The summed E-state index contributed by atoms with van der Waals surface area (Å²) in [6, 6.07) is 16.8. The molecule has 2 aromatic carbocycles. The molecule has 0 aliphatic rings. The summed E-state index contributed by atoms with van der Waals surface area (Å²) in [4.78, 5) is 13.1. The molecule has 1 N–H and O–H groups in total. The first-order valence-corrected chi connectivity index (χ1v) is 8.75. The number of esters is 1. The van der Waals surface area contributed by atoms with Crippen molar-refractivity contribution in [1.29, 1.82) is 0 Å². The van der Waals surface area contributed by atoms with E-state index in [0.717, 1.165) is 16.3 Å². The van der Waals surface area contributed by atoms with Crippen LogP contribution in [0, 0.1) is 0 Å². The van der Waals surface area contributed by atoms with Gasteiger partial charge in [0.1, 0.15) is 10.8 Å². The smallest absolute Gasteiger partial charge is 0.359 e. The second kappa shape index (κ2) is 8.41. The molecular formula is C19H17N3O4S. The Kier molecular flexibility index (Phi) is 5.77. The minimum Gasteiger partial charge on any atom is -0.497 e. The Morgan fingerprint density at radius 1 is 1.15 bits per heavy atom. The Morgan fingerprint density at radius 2 is 1.85 bits per heavy atom. The average molecular weight is 383 g/mol. The molecule has 8 heteroatoms. The molecule has 1 aromatic heterocycles. The van der Waals surface area contributed by atoms with Crippen LogP contribution in [0.2, 0.25) is 0 Å². The van der Waals surface area contributed by atoms with E-state index in [1.807, 2.05) is 54.6 Å². The normalized spacial score (nSPS) is 10.9. The van der Waals surface area contributed by atoms with E-state index < -0.39 is 5.97 Å². The van der Waals surface area contributed by atoms with Gasteiger partial charge in [-0.1, -0.05) is 35.1 Å². The van der Waals surface area contributed by atoms with Crippen LogP contribution >= 0.6 is 11.8 Å². The van der Waals surface area contributed by atoms with Crippen molar-refractivity contribution in [2.75, 3.05) is 14.2 Å². The van der Waals surface area contributed by atoms with Gasteiger partial charge in [0.2, 0.25) is 0 Å². The van der Waals surface area contributed by atoms with Gasteiger partial charge in [0.25, 0.3) is 0 Å². The minimum absolute atomic E-state index is 0.0650. The van der Waals surface area contributed by atoms with Crippen molar-refractivity contribution < 1.29 is 19.5 Å². The van der Waals surface area contributed by atoms with Crippen molar-refractivity contribution in [2.24, 2.45) is 5.16 Å². The van der Waals surface area contributed by atoms with Gasteiger partial charge in [-0.05, 0) is 36.4 Å². The van der Waals surface area contributed by atoms with Crippen LogP contribution in [0.1, 0.15) is 16.1 Å². The summed E-state index contributed by atoms with van der Waals surface area (Å²) in [5, 5.41) is 17.2. The lowest BCUT2D eigenvalue weighted by Gasteiger charge is -2.08. The van der Waals surface area contributed by atoms with E-state index in [0.29, 0.717) is 10.6 Å². The molecule has 0 unspecified atom stereocenters. The largest absolute Gasteiger partial charge is 0.497 e. The third-order valence-corrected chi connectivity index (χ3v) is 4.81. The topological polar surface area (TPSA) is 85.9 Å². The second-order valence-electron chi connectivity index (χ2n) is 5.33. The molecule has 0 spiro atoms. The number of aromatic nitrogens is 2. The van der Waals surface area contributed by atoms with Crippen LogP contribution < -0.4 is 4.74 Å². The molecule has 0 aliphatic heterocycles. The Morgan fingerprint density at radius 3 is 2.44 bits per heavy atom. The molecule has 138 valence electrons. The van der Waals surface area contributed by atoms with Gasteiger partial charge in [-0.15, -0.1) is 0 Å². The Bertz CT molecular complexity index is 953. The average Bonchev–Trinajstić information content (AvgIpc) is 3.07. The van der Waals surface area contributed by atoms with Crippen molar-refractivity contribution in [2.45, 2.75) is 9.92 Å². The molecular weight excluding hydrogens is 366 g/mol. The Labute approximate surface area is 160 Å². The van der Waals surface area contributed by atoms with E-state index >= 15 is 0 Å². The lowest BCUT2D eigenvalue weighted by atomic mass is 10.2. The number of hydrogen-bond donors (Lipinski definition) is 1. The predicted octanol–water partition coefficient (Wildman–Crippen LogP) is 3.63. The third kappa shape index (κ3) is 3.95. The summed E-state index contributed by atoms with van der Waals surface area (Å²) < 4.78 is 11.6. The summed E-state index contributed by atoms with van der Waals surface area (Å²) in [5.74, 6) is 0.125. The van der Waals surface area contributed by atoms with Crippen molar-refractivity contribution >= 4 is 23.9 Å². The molecule has 0 atom stereocenters. The van der Waals surface area contributed by atoms with Crippen LogP contribution in [0.3, 0.4) is 0 Å². The van der Waals surface area contributed by atoms with Gasteiger partial charge in [0, 0.05) is 4.90 Å². The number of carbonyl (C=O) groups is 1. The van der Waals surface area contributed by atoms with Gasteiger partial charge in [0.05, 0.1) is 31.7 Å². The lowest BCUT2D eigenvalue weighted by molar-refractivity contribution is 0.0593. The maximum absolute atomic E-state index is 12.2. The molecule has 27 heavy (non-hydrogen) atoms. The highest BCUT2D eigenvalue weighted by Gasteiger charge is 2.24. The summed E-state index contributed by atoms with van der Waals surface area (Å²) in [6.07, 6.45) is 1.19. The lowest BCUT2D eigenvalue weighted by Crippen LogP contribution is -2.06. The first-order valence-electron chi connectivity index (χ1n) is 7.94. The fraction of sp³-hybridized carbons (Fsp3) is 0.105. The van der Waals surface area contributed by atoms with E-state index in [-0.39, 0.29) is 5.69 Å². The monoisotopic (exact) mass is 383 g/mol. The fourth-order valence-corrected chi connectivity index (χ4v) is 3.42. The Hall–Kier alpha value is -3.26. The van der Waals surface area contributed by atoms with Gasteiger partial charge in [-0.3, -0.25) is 0 Å². The Balaban J connectivity index is 2.15. The highest BCUT2D eigenvalue weighted by atomic mass is 32.2. The van der Waals surface area contributed by atoms with Crippen LogP contribution in [0.15, 0.2) is 69.7 Å². The van der Waals surface area contributed by atoms with Crippen molar-refractivity contribution in [3.05, 3.63) is 65.9 Å². The first-order chi connectivity index (χ1) is 13.2. The summed E-state index contributed by atoms with van der Waals surface area (Å²) in [6.45, 7) is 0. The van der Waals surface area contributed by atoms with Gasteiger partial charge < -0.3 is 14.7 Å². The van der Waals surface area contributed by atoms with E-state index in [2.05, 4.69) is 10.3 Å². The zero-order valence-corrected chi connectivity index (χ0v) is 15.5. The van der Waals surface area contributed by atoms with E-state index in [1.165, 1.54) is 25.1 Å². The number of hydrogen-bond acceptors (Lipinski definition) is 7. The number of nitrogens with zero attached hydrogens (tertiary/aromatic N) is 3. The van der Waals surface area contributed by atoms with Gasteiger partial charge in [-0.25, -0.2) is 9.48 Å². The molecule has 3 aromatic rings. The van der Waals surface area contributed by atoms with Crippen molar-refractivity contribution in [3.63, 3.8) is 0 Å². The number of benzene rings is 2. The number of carbonyl (C=O) groups excluding carboxylic acids is 1. The molecule has 7 nitrogen and oxygen atoms in total. The highest BCUT2D eigenvalue weighted by molar-refractivity contribution is 7.99. The van der Waals surface area contributed by atoms with Crippen molar-refractivity contribution in [1.82, 2.24) is 9.78 Å². The number of methoxy groups -OCH3 is 2. The summed E-state index contributed by atoms with van der Waals surface area (Å²) in [5.41, 5.74) is 1.19. The second-order valence-corrected chi connectivity index (χ2v) is 6.39. The van der Waals surface area contributed by atoms with Gasteiger partial charge >= 0.3 is 5.97 Å². The van der Waals surface area contributed by atoms with Crippen LogP contribution in [0.5, 0.6) is 5.75 Å². The first kappa shape index (κ1) is 18.5. The molecule has 0 amide bonds. The van der Waals surface area contributed by atoms with E-state index in [4.69, 9.17) is 14.7 Å². The maximum atomic E-state index is 12.2. The van der Waals surface area contributed by atoms with Crippen LogP contribution in [-0.2, 0) is 4.74 Å². The maximum Gasteiger partial charge on any atom is 0.359 e. The molecule has 0 saturated heterocycles.